The molecule has 0 fully saturated rings. The second-order valence-electron chi connectivity index (χ2n) is 4.57. The van der Waals surface area contributed by atoms with E-state index in [0.717, 1.165) is 24.9 Å². The Morgan fingerprint density at radius 1 is 1.37 bits per heavy atom. The predicted octanol–water partition coefficient (Wildman–Crippen LogP) is 2.28. The molecule has 1 aliphatic rings. The van der Waals surface area contributed by atoms with Crippen LogP contribution in [0.1, 0.15) is 25.2 Å². The number of hydrogen-bond donors (Lipinski definition) is 1. The zero-order valence-corrected chi connectivity index (χ0v) is 10.5. The molecule has 0 bridgehead atoms. The van der Waals surface area contributed by atoms with Crippen molar-refractivity contribution in [3.8, 4) is 11.4 Å². The summed E-state index contributed by atoms with van der Waals surface area (Å²) < 4.78 is 28.7. The first-order valence-corrected chi connectivity index (χ1v) is 6.32. The van der Waals surface area contributed by atoms with Gasteiger partial charge in [-0.05, 0) is 18.6 Å². The number of nitrogens with zero attached hydrogens (tertiary/aromatic N) is 3. The summed E-state index contributed by atoms with van der Waals surface area (Å²) in [7, 11) is 0. The molecule has 1 aliphatic heterocycles. The van der Waals surface area contributed by atoms with Gasteiger partial charge in [-0.2, -0.15) is 0 Å². The molecule has 1 N–H and O–H groups in total. The normalized spacial score (nSPS) is 18.4. The van der Waals surface area contributed by atoms with Gasteiger partial charge >= 0.3 is 0 Å². The molecule has 19 heavy (non-hydrogen) atoms. The maximum atomic E-state index is 13.8. The topological polar surface area (TPSA) is 42.7 Å². The van der Waals surface area contributed by atoms with Crippen molar-refractivity contribution >= 4 is 0 Å². The van der Waals surface area contributed by atoms with Crippen LogP contribution in [0.25, 0.3) is 11.4 Å². The third kappa shape index (κ3) is 2.02. The lowest BCUT2D eigenvalue weighted by atomic mass is 10.1. The Hall–Kier alpha value is -1.82. The summed E-state index contributed by atoms with van der Waals surface area (Å²) in [6.45, 7) is 3.53. The SMILES string of the molecule is CCC1NCCn2c(-c3ccc(F)cc3F)nnc21. The lowest BCUT2D eigenvalue weighted by Crippen LogP contribution is -2.33. The van der Waals surface area contributed by atoms with Crippen molar-refractivity contribution in [3.63, 3.8) is 0 Å². The monoisotopic (exact) mass is 264 g/mol. The fourth-order valence-electron chi connectivity index (χ4n) is 2.43. The molecule has 2 aromatic rings. The molecule has 0 spiro atoms. The Bertz CT molecular complexity index is 609. The van der Waals surface area contributed by atoms with Gasteiger partial charge < -0.3 is 9.88 Å². The molecule has 4 nitrogen and oxygen atoms in total. The fraction of sp³-hybridized carbons (Fsp3) is 0.385. The maximum absolute atomic E-state index is 13.8. The summed E-state index contributed by atoms with van der Waals surface area (Å²) in [5.74, 6) is 0.0782. The molecule has 1 aromatic heterocycles. The highest BCUT2D eigenvalue weighted by Gasteiger charge is 2.25. The van der Waals surface area contributed by atoms with Crippen LogP contribution in [0.2, 0.25) is 0 Å². The standard InChI is InChI=1S/C13H14F2N4/c1-2-11-13-18-17-12(19(13)6-5-16-11)9-4-3-8(14)7-10(9)15/h3-4,7,11,16H,2,5-6H2,1H3. The molecule has 6 heteroatoms. The molecule has 0 radical (unpaired) electrons. The summed E-state index contributed by atoms with van der Waals surface area (Å²) in [4.78, 5) is 0. The molecule has 0 aliphatic carbocycles. The van der Waals surface area contributed by atoms with E-state index in [0.29, 0.717) is 12.4 Å². The average Bonchev–Trinajstić information content (AvgIpc) is 2.82. The minimum absolute atomic E-state index is 0.138. The fourth-order valence-corrected chi connectivity index (χ4v) is 2.43. The number of rotatable bonds is 2. The first-order chi connectivity index (χ1) is 9.20. The zero-order valence-electron chi connectivity index (χ0n) is 10.5. The van der Waals surface area contributed by atoms with Crippen molar-refractivity contribution in [2.75, 3.05) is 6.54 Å². The smallest absolute Gasteiger partial charge is 0.167 e. The van der Waals surface area contributed by atoms with E-state index in [2.05, 4.69) is 22.4 Å². The molecule has 1 atom stereocenters. The molecule has 0 saturated carbocycles. The van der Waals surface area contributed by atoms with Crippen LogP contribution in [-0.2, 0) is 6.54 Å². The van der Waals surface area contributed by atoms with E-state index in [4.69, 9.17) is 0 Å². The Kier molecular flexibility index (Phi) is 3.02. The molecular formula is C13H14F2N4. The summed E-state index contributed by atoms with van der Waals surface area (Å²) in [5.41, 5.74) is 0.289. The van der Waals surface area contributed by atoms with Crippen molar-refractivity contribution < 1.29 is 8.78 Å². The van der Waals surface area contributed by atoms with Crippen LogP contribution in [0.15, 0.2) is 18.2 Å². The lowest BCUT2D eigenvalue weighted by Gasteiger charge is -2.24. The van der Waals surface area contributed by atoms with Crippen LogP contribution in [0, 0.1) is 11.6 Å². The summed E-state index contributed by atoms with van der Waals surface area (Å²) in [6.07, 6.45) is 0.893. The van der Waals surface area contributed by atoms with Gasteiger partial charge in [0.15, 0.2) is 11.6 Å². The van der Waals surface area contributed by atoms with Gasteiger partial charge in [-0.1, -0.05) is 6.92 Å². The zero-order chi connectivity index (χ0) is 13.4. The highest BCUT2D eigenvalue weighted by molar-refractivity contribution is 5.56. The van der Waals surface area contributed by atoms with Crippen molar-refractivity contribution in [1.82, 2.24) is 20.1 Å². The molecular weight excluding hydrogens is 250 g/mol. The minimum Gasteiger partial charge on any atom is -0.308 e. The first kappa shape index (κ1) is 12.2. The number of hydrogen-bond acceptors (Lipinski definition) is 3. The van der Waals surface area contributed by atoms with Crippen molar-refractivity contribution in [3.05, 3.63) is 35.7 Å². The second kappa shape index (κ2) is 4.70. The largest absolute Gasteiger partial charge is 0.308 e. The van der Waals surface area contributed by atoms with Gasteiger partial charge in [0.1, 0.15) is 11.6 Å². The Morgan fingerprint density at radius 2 is 2.21 bits per heavy atom. The number of aromatic nitrogens is 3. The Morgan fingerprint density at radius 3 is 2.95 bits per heavy atom. The van der Waals surface area contributed by atoms with E-state index < -0.39 is 11.6 Å². The molecule has 3 rings (SSSR count). The molecule has 2 heterocycles. The van der Waals surface area contributed by atoms with E-state index in [-0.39, 0.29) is 11.6 Å². The quantitative estimate of drug-likeness (QED) is 0.905. The third-order valence-electron chi connectivity index (χ3n) is 3.40. The van der Waals surface area contributed by atoms with Crippen LogP contribution in [0.4, 0.5) is 8.78 Å². The second-order valence-corrected chi connectivity index (χ2v) is 4.57. The van der Waals surface area contributed by atoms with Gasteiger partial charge in [0.05, 0.1) is 11.6 Å². The highest BCUT2D eigenvalue weighted by atomic mass is 19.1. The van der Waals surface area contributed by atoms with Crippen LogP contribution >= 0.6 is 0 Å². The molecule has 0 saturated heterocycles. The Labute approximate surface area is 109 Å². The van der Waals surface area contributed by atoms with Gasteiger partial charge in [0.25, 0.3) is 0 Å². The number of benzene rings is 1. The van der Waals surface area contributed by atoms with Crippen LogP contribution < -0.4 is 5.32 Å². The lowest BCUT2D eigenvalue weighted by molar-refractivity contribution is 0.407. The van der Waals surface area contributed by atoms with Crippen molar-refractivity contribution in [2.24, 2.45) is 0 Å². The van der Waals surface area contributed by atoms with E-state index >= 15 is 0 Å². The molecule has 0 amide bonds. The van der Waals surface area contributed by atoms with E-state index in [1.54, 1.807) is 0 Å². The van der Waals surface area contributed by atoms with Crippen LogP contribution in [-0.4, -0.2) is 21.3 Å². The van der Waals surface area contributed by atoms with Crippen LogP contribution in [0.5, 0.6) is 0 Å². The highest BCUT2D eigenvalue weighted by Crippen LogP contribution is 2.27. The molecule has 1 aromatic carbocycles. The summed E-state index contributed by atoms with van der Waals surface area (Å²) in [5, 5.41) is 11.5. The average molecular weight is 264 g/mol. The van der Waals surface area contributed by atoms with E-state index in [1.165, 1.54) is 12.1 Å². The maximum Gasteiger partial charge on any atom is 0.167 e. The van der Waals surface area contributed by atoms with Crippen molar-refractivity contribution in [1.29, 1.82) is 0 Å². The van der Waals surface area contributed by atoms with Gasteiger partial charge in [0, 0.05) is 19.2 Å². The van der Waals surface area contributed by atoms with E-state index in [9.17, 15) is 8.78 Å². The van der Waals surface area contributed by atoms with Gasteiger partial charge in [-0.3, -0.25) is 0 Å². The predicted molar refractivity (Wildman–Crippen MR) is 66.4 cm³/mol. The first-order valence-electron chi connectivity index (χ1n) is 6.32. The number of nitrogens with one attached hydrogen (secondary N) is 1. The van der Waals surface area contributed by atoms with Crippen LogP contribution in [0.3, 0.4) is 0 Å². The van der Waals surface area contributed by atoms with Crippen molar-refractivity contribution in [2.45, 2.75) is 25.9 Å². The van der Waals surface area contributed by atoms with Gasteiger partial charge in [0.2, 0.25) is 0 Å². The van der Waals surface area contributed by atoms with Gasteiger partial charge in [-0.15, -0.1) is 10.2 Å². The van der Waals surface area contributed by atoms with Gasteiger partial charge in [-0.25, -0.2) is 8.78 Å². The minimum atomic E-state index is -0.609. The van der Waals surface area contributed by atoms with E-state index in [1.807, 2.05) is 4.57 Å². The number of halogens is 2. The Balaban J connectivity index is 2.09. The third-order valence-corrected chi connectivity index (χ3v) is 3.40. The molecule has 1 unspecified atom stereocenters. The number of fused-ring (bicyclic) bond motifs is 1. The summed E-state index contributed by atoms with van der Waals surface area (Å²) in [6, 6.07) is 3.65. The molecule has 100 valence electrons. The summed E-state index contributed by atoms with van der Waals surface area (Å²) >= 11 is 0.